The minimum Gasteiger partial charge on any atom is -0.473 e. The van der Waals surface area contributed by atoms with Crippen LogP contribution in [-0.2, 0) is 29.0 Å². The number of carbonyl (C=O) groups is 1. The van der Waals surface area contributed by atoms with Gasteiger partial charge in [0.1, 0.15) is 11.2 Å². The average Bonchev–Trinajstić information content (AvgIpc) is 2.80. The number of halogens is 2. The number of nitriles is 1. The van der Waals surface area contributed by atoms with Gasteiger partial charge in [0.15, 0.2) is 0 Å². The highest BCUT2D eigenvalue weighted by Gasteiger charge is 2.09. The minimum absolute atomic E-state index is 0.212. The number of allylic oxidation sites excluding steroid dienone is 1. The van der Waals surface area contributed by atoms with Crippen LogP contribution in [0.25, 0.3) is 6.08 Å². The van der Waals surface area contributed by atoms with Crippen LogP contribution < -0.4 is 4.74 Å². The van der Waals surface area contributed by atoms with E-state index in [-0.39, 0.29) is 12.4 Å². The predicted molar refractivity (Wildman–Crippen MR) is 135 cm³/mol. The highest BCUT2D eigenvalue weighted by atomic mass is 79.9. The molecule has 1 aromatic heterocycles. The number of carbonyl (C=O) groups excluding carboxylic acids is 1. The van der Waals surface area contributed by atoms with Crippen molar-refractivity contribution in [2.75, 3.05) is 6.61 Å². The van der Waals surface area contributed by atoms with Crippen LogP contribution in [0.4, 0.5) is 0 Å². The zero-order chi connectivity index (χ0) is 23.6. The molecule has 168 valence electrons. The van der Waals surface area contributed by atoms with Crippen LogP contribution in [0.1, 0.15) is 34.7 Å². The Balaban J connectivity index is 1.78. The summed E-state index contributed by atoms with van der Waals surface area (Å²) in [4.78, 5) is 16.3. The third-order valence-corrected chi connectivity index (χ3v) is 5.72. The molecule has 0 unspecified atom stereocenters. The smallest absolute Gasteiger partial charge is 0.310 e. The monoisotopic (exact) mass is 568 g/mol. The lowest BCUT2D eigenvalue weighted by Gasteiger charge is -2.11. The van der Waals surface area contributed by atoms with Gasteiger partial charge in [-0.05, 0) is 81.9 Å². The topological polar surface area (TPSA) is 72.2 Å². The number of hydrogen-bond donors (Lipinski definition) is 0. The molecule has 0 saturated heterocycles. The van der Waals surface area contributed by atoms with Gasteiger partial charge in [-0.2, -0.15) is 5.26 Å². The Morgan fingerprint density at radius 1 is 1.09 bits per heavy atom. The van der Waals surface area contributed by atoms with Crippen LogP contribution >= 0.6 is 31.9 Å². The Hall–Kier alpha value is -2.95. The van der Waals surface area contributed by atoms with Gasteiger partial charge < -0.3 is 9.47 Å². The zero-order valence-corrected chi connectivity index (χ0v) is 21.2. The van der Waals surface area contributed by atoms with Crippen LogP contribution in [0.5, 0.6) is 5.88 Å². The average molecular weight is 570 g/mol. The van der Waals surface area contributed by atoms with Crippen molar-refractivity contribution >= 4 is 43.9 Å². The lowest BCUT2D eigenvalue weighted by atomic mass is 10.00. The number of nitrogens with zero attached hydrogens (tertiary/aromatic N) is 2. The molecule has 3 aromatic rings. The van der Waals surface area contributed by atoms with Gasteiger partial charge in [-0.25, -0.2) is 4.98 Å². The van der Waals surface area contributed by atoms with Gasteiger partial charge in [-0.1, -0.05) is 46.3 Å². The number of hydrogen-bond acceptors (Lipinski definition) is 5. The van der Waals surface area contributed by atoms with Gasteiger partial charge in [0, 0.05) is 10.5 Å². The molecule has 0 N–H and O–H groups in total. The van der Waals surface area contributed by atoms with Gasteiger partial charge >= 0.3 is 5.97 Å². The zero-order valence-electron chi connectivity index (χ0n) is 18.1. The number of aromatic nitrogens is 1. The Bertz CT molecular complexity index is 1200. The minimum atomic E-state index is -0.253. The van der Waals surface area contributed by atoms with E-state index in [1.165, 1.54) is 0 Å². The van der Waals surface area contributed by atoms with Crippen molar-refractivity contribution in [3.8, 4) is 11.9 Å². The van der Waals surface area contributed by atoms with Gasteiger partial charge in [0.05, 0.1) is 24.7 Å². The SMILES string of the molecule is CCOC(=O)Cc1ccc(Br)cc1/C=C/Cc1cc(C#N)ccc1COc1cccc(Br)n1. The predicted octanol–water partition coefficient (Wildman–Crippen LogP) is 6.42. The third kappa shape index (κ3) is 7.55. The Kier molecular flexibility index (Phi) is 9.23. The van der Waals surface area contributed by atoms with Crippen molar-refractivity contribution in [2.45, 2.75) is 26.4 Å². The van der Waals surface area contributed by atoms with Crippen molar-refractivity contribution in [2.24, 2.45) is 0 Å². The lowest BCUT2D eigenvalue weighted by molar-refractivity contribution is -0.142. The van der Waals surface area contributed by atoms with Crippen LogP contribution in [0.2, 0.25) is 0 Å². The molecule has 0 aliphatic heterocycles. The standard InChI is InChI=1S/C26H22Br2N2O3/c1-2-32-26(31)15-21-11-12-23(27)14-20(21)6-3-5-19-13-18(16-29)9-10-22(19)17-33-25-8-4-7-24(28)30-25/h3-4,6-14H,2,5,15,17H2,1H3/b6-3+. The molecule has 0 aliphatic carbocycles. The van der Waals surface area contributed by atoms with Crippen molar-refractivity contribution in [1.29, 1.82) is 5.26 Å². The molecule has 2 aromatic carbocycles. The van der Waals surface area contributed by atoms with E-state index in [0.717, 1.165) is 26.7 Å². The Morgan fingerprint density at radius 3 is 2.67 bits per heavy atom. The van der Waals surface area contributed by atoms with Crippen molar-refractivity contribution in [1.82, 2.24) is 4.98 Å². The first-order valence-corrected chi connectivity index (χ1v) is 11.9. The molecule has 3 rings (SSSR count). The Morgan fingerprint density at radius 2 is 1.91 bits per heavy atom. The molecule has 0 spiro atoms. The van der Waals surface area contributed by atoms with Crippen LogP contribution in [0, 0.1) is 11.3 Å². The van der Waals surface area contributed by atoms with E-state index in [0.29, 0.717) is 35.7 Å². The molecule has 0 atom stereocenters. The molecule has 0 fully saturated rings. The largest absolute Gasteiger partial charge is 0.473 e. The molecule has 1 heterocycles. The second-order valence-corrected chi connectivity index (χ2v) is 8.84. The third-order valence-electron chi connectivity index (χ3n) is 4.78. The molecule has 5 nitrogen and oxygen atoms in total. The van der Waals surface area contributed by atoms with E-state index < -0.39 is 0 Å². The molecule has 0 aliphatic rings. The van der Waals surface area contributed by atoms with E-state index >= 15 is 0 Å². The van der Waals surface area contributed by atoms with Crippen molar-refractivity contribution in [3.63, 3.8) is 0 Å². The summed E-state index contributed by atoms with van der Waals surface area (Å²) in [5, 5.41) is 9.33. The van der Waals surface area contributed by atoms with Gasteiger partial charge in [-0.3, -0.25) is 4.79 Å². The number of pyridine rings is 1. The quantitative estimate of drug-likeness (QED) is 0.220. The fourth-order valence-electron chi connectivity index (χ4n) is 3.21. The fraction of sp³-hybridized carbons (Fsp3) is 0.192. The summed E-state index contributed by atoms with van der Waals surface area (Å²) in [5.41, 5.74) is 4.38. The first kappa shape index (κ1) is 24.7. The van der Waals surface area contributed by atoms with Crippen LogP contribution in [0.15, 0.2) is 69.7 Å². The summed E-state index contributed by atoms with van der Waals surface area (Å²) in [5.74, 6) is 0.268. The van der Waals surface area contributed by atoms with Crippen LogP contribution in [-0.4, -0.2) is 17.6 Å². The maximum absolute atomic E-state index is 12.0. The van der Waals surface area contributed by atoms with E-state index in [1.807, 2.05) is 54.6 Å². The molecule has 0 radical (unpaired) electrons. The van der Waals surface area contributed by atoms with E-state index in [4.69, 9.17) is 9.47 Å². The van der Waals surface area contributed by atoms with Gasteiger partial charge in [0.25, 0.3) is 0 Å². The summed E-state index contributed by atoms with van der Waals surface area (Å²) in [6.07, 6.45) is 4.82. The van der Waals surface area contributed by atoms with E-state index in [9.17, 15) is 10.1 Å². The summed E-state index contributed by atoms with van der Waals surface area (Å²) < 4.78 is 12.6. The highest BCUT2D eigenvalue weighted by molar-refractivity contribution is 9.10. The molecule has 0 saturated carbocycles. The first-order chi connectivity index (χ1) is 16.0. The molecule has 0 amide bonds. The lowest BCUT2D eigenvalue weighted by Crippen LogP contribution is -2.08. The second-order valence-electron chi connectivity index (χ2n) is 7.11. The summed E-state index contributed by atoms with van der Waals surface area (Å²) >= 11 is 6.84. The molecule has 7 heteroatoms. The van der Waals surface area contributed by atoms with Gasteiger partial charge in [-0.15, -0.1) is 0 Å². The summed E-state index contributed by atoms with van der Waals surface area (Å²) in [6.45, 7) is 2.49. The molecule has 33 heavy (non-hydrogen) atoms. The second kappa shape index (κ2) is 12.3. The molecular weight excluding hydrogens is 548 g/mol. The van der Waals surface area contributed by atoms with Crippen LogP contribution in [0.3, 0.4) is 0 Å². The summed E-state index contributed by atoms with van der Waals surface area (Å²) in [6, 6.07) is 19.1. The van der Waals surface area contributed by atoms with Gasteiger partial charge in [0.2, 0.25) is 5.88 Å². The maximum Gasteiger partial charge on any atom is 0.310 e. The van der Waals surface area contributed by atoms with E-state index in [1.54, 1.807) is 19.1 Å². The van der Waals surface area contributed by atoms with E-state index in [2.05, 4.69) is 42.9 Å². The number of rotatable bonds is 9. The Labute approximate surface area is 210 Å². The number of esters is 1. The molecular formula is C26H22Br2N2O3. The number of benzene rings is 2. The van der Waals surface area contributed by atoms with Crippen molar-refractivity contribution < 1.29 is 14.3 Å². The number of ether oxygens (including phenoxy) is 2. The first-order valence-electron chi connectivity index (χ1n) is 10.4. The highest BCUT2D eigenvalue weighted by Crippen LogP contribution is 2.21. The fourth-order valence-corrected chi connectivity index (χ4v) is 3.92. The summed E-state index contributed by atoms with van der Waals surface area (Å²) in [7, 11) is 0. The molecule has 0 bridgehead atoms. The maximum atomic E-state index is 12.0. The van der Waals surface area contributed by atoms with Crippen molar-refractivity contribution in [3.05, 3.63) is 97.6 Å². The normalized spacial score (nSPS) is 10.7.